The van der Waals surface area contributed by atoms with Crippen LogP contribution in [0.3, 0.4) is 0 Å². The van der Waals surface area contributed by atoms with Crippen LogP contribution >= 0.6 is 0 Å². The second-order valence-electron chi connectivity index (χ2n) is 4.53. The first-order chi connectivity index (χ1) is 7.86. The van der Waals surface area contributed by atoms with Gasteiger partial charge in [0.1, 0.15) is 0 Å². The van der Waals surface area contributed by atoms with Gasteiger partial charge in [0.15, 0.2) is 0 Å². The number of carbonyl (C=O) groups is 1. The first-order valence-corrected chi connectivity index (χ1v) is 5.98. The lowest BCUT2D eigenvalue weighted by Gasteiger charge is -2.32. The summed E-state index contributed by atoms with van der Waals surface area (Å²) < 4.78 is 0. The Morgan fingerprint density at radius 1 is 1.31 bits per heavy atom. The Balaban J connectivity index is 1.95. The molecule has 3 nitrogen and oxygen atoms in total. The van der Waals surface area contributed by atoms with Gasteiger partial charge in [-0.3, -0.25) is 0 Å². The lowest BCUT2D eigenvalue weighted by atomic mass is 9.87. The van der Waals surface area contributed by atoms with Gasteiger partial charge in [0.2, 0.25) is 0 Å². The predicted octanol–water partition coefficient (Wildman–Crippen LogP) is 2.09. The lowest BCUT2D eigenvalue weighted by Crippen LogP contribution is -2.34. The maximum Gasteiger partial charge on any atom is 0.318 e. The number of nitrogens with one attached hydrogen (secondary N) is 1. The van der Waals surface area contributed by atoms with Crippen LogP contribution in [0.15, 0.2) is 24.3 Å². The van der Waals surface area contributed by atoms with E-state index in [0.29, 0.717) is 6.04 Å². The average Bonchev–Trinajstić information content (AvgIpc) is 2.75. The van der Waals surface area contributed by atoms with E-state index in [-0.39, 0.29) is 6.03 Å². The third kappa shape index (κ3) is 1.47. The predicted molar refractivity (Wildman–Crippen MR) is 62.2 cm³/mol. The fraction of sp³-hybridized carbons (Fsp3) is 0.462. The van der Waals surface area contributed by atoms with Gasteiger partial charge in [-0.15, -0.1) is 0 Å². The summed E-state index contributed by atoms with van der Waals surface area (Å²) in [6, 6.07) is 8.92. The van der Waals surface area contributed by atoms with E-state index in [1.807, 2.05) is 4.90 Å². The fourth-order valence-electron chi connectivity index (χ4n) is 2.84. The van der Waals surface area contributed by atoms with E-state index >= 15 is 0 Å². The van der Waals surface area contributed by atoms with Gasteiger partial charge in [-0.05, 0) is 30.4 Å². The zero-order chi connectivity index (χ0) is 11.0. The molecule has 3 heteroatoms. The van der Waals surface area contributed by atoms with Crippen LogP contribution in [0.1, 0.15) is 30.0 Å². The van der Waals surface area contributed by atoms with E-state index in [4.69, 9.17) is 0 Å². The summed E-state index contributed by atoms with van der Waals surface area (Å²) in [6.07, 6.45) is 3.44. The summed E-state index contributed by atoms with van der Waals surface area (Å²) in [5, 5.41) is 2.88. The summed E-state index contributed by atoms with van der Waals surface area (Å²) in [7, 11) is 0. The Labute approximate surface area is 95.4 Å². The van der Waals surface area contributed by atoms with E-state index < -0.39 is 0 Å². The quantitative estimate of drug-likeness (QED) is 0.766. The topological polar surface area (TPSA) is 32.3 Å². The van der Waals surface area contributed by atoms with Crippen molar-refractivity contribution in [3.63, 3.8) is 0 Å². The second-order valence-corrected chi connectivity index (χ2v) is 4.53. The minimum Gasteiger partial charge on any atom is -0.336 e. The molecule has 0 aromatic heterocycles. The van der Waals surface area contributed by atoms with Gasteiger partial charge in [0.05, 0.1) is 6.04 Å². The van der Waals surface area contributed by atoms with Crippen molar-refractivity contribution in [2.45, 2.75) is 25.3 Å². The number of rotatable bonds is 1. The number of benzene rings is 1. The smallest absolute Gasteiger partial charge is 0.318 e. The molecule has 0 saturated carbocycles. The molecule has 1 N–H and O–H groups in total. The van der Waals surface area contributed by atoms with Crippen molar-refractivity contribution < 1.29 is 4.79 Å². The zero-order valence-electron chi connectivity index (χ0n) is 9.28. The number of aryl methyl sites for hydroxylation is 1. The maximum atomic E-state index is 11.7. The summed E-state index contributed by atoms with van der Waals surface area (Å²) >= 11 is 0. The number of urea groups is 1. The Morgan fingerprint density at radius 2 is 2.19 bits per heavy atom. The highest BCUT2D eigenvalue weighted by Crippen LogP contribution is 2.34. The molecular formula is C13H16N2O. The standard InChI is InChI=1S/C13H16N2O/c16-13-14-8-9-15(13)12-7-3-5-10-4-1-2-6-11(10)12/h1-2,4,6,12H,3,5,7-9H2,(H,14,16)/t12-/m0/s1. The van der Waals surface area contributed by atoms with Crippen LogP contribution in [0, 0.1) is 0 Å². The van der Waals surface area contributed by atoms with E-state index in [9.17, 15) is 4.79 Å². The van der Waals surface area contributed by atoms with Gasteiger partial charge in [0.25, 0.3) is 0 Å². The Morgan fingerprint density at radius 3 is 3.00 bits per heavy atom. The van der Waals surface area contributed by atoms with E-state index in [1.54, 1.807) is 0 Å². The summed E-state index contributed by atoms with van der Waals surface area (Å²) in [6.45, 7) is 1.63. The molecule has 2 aliphatic rings. The highest BCUT2D eigenvalue weighted by atomic mass is 16.2. The molecule has 16 heavy (non-hydrogen) atoms. The molecule has 1 aliphatic carbocycles. The monoisotopic (exact) mass is 216 g/mol. The minimum absolute atomic E-state index is 0.0988. The molecule has 1 atom stereocenters. The fourth-order valence-corrected chi connectivity index (χ4v) is 2.84. The van der Waals surface area contributed by atoms with Crippen molar-refractivity contribution in [2.24, 2.45) is 0 Å². The number of amides is 2. The van der Waals surface area contributed by atoms with E-state index in [2.05, 4.69) is 29.6 Å². The van der Waals surface area contributed by atoms with Crippen molar-refractivity contribution in [1.82, 2.24) is 10.2 Å². The molecule has 2 amide bonds. The lowest BCUT2D eigenvalue weighted by molar-refractivity contribution is 0.191. The Bertz CT molecular complexity index is 416. The SMILES string of the molecule is O=C1NCCN1[C@H]1CCCc2ccccc21. The highest BCUT2D eigenvalue weighted by Gasteiger charge is 2.31. The minimum atomic E-state index is 0.0988. The van der Waals surface area contributed by atoms with Crippen LogP contribution in [0.25, 0.3) is 0 Å². The summed E-state index contributed by atoms with van der Waals surface area (Å²) in [5.74, 6) is 0. The first kappa shape index (κ1) is 9.70. The molecule has 1 saturated heterocycles. The molecular weight excluding hydrogens is 200 g/mol. The number of nitrogens with zero attached hydrogens (tertiary/aromatic N) is 1. The molecule has 3 rings (SSSR count). The molecule has 1 heterocycles. The molecule has 1 fully saturated rings. The molecule has 0 unspecified atom stereocenters. The van der Waals surface area contributed by atoms with Gasteiger partial charge in [-0.1, -0.05) is 24.3 Å². The third-order valence-electron chi connectivity index (χ3n) is 3.60. The number of hydrogen-bond donors (Lipinski definition) is 1. The van der Waals surface area contributed by atoms with Crippen molar-refractivity contribution in [3.05, 3.63) is 35.4 Å². The Kier molecular flexibility index (Phi) is 2.31. The summed E-state index contributed by atoms with van der Waals surface area (Å²) in [5.41, 5.74) is 2.77. The van der Waals surface area contributed by atoms with Crippen LogP contribution in [-0.2, 0) is 6.42 Å². The Hall–Kier alpha value is -1.51. The van der Waals surface area contributed by atoms with Gasteiger partial charge >= 0.3 is 6.03 Å². The van der Waals surface area contributed by atoms with Crippen LogP contribution in [0.4, 0.5) is 4.79 Å². The van der Waals surface area contributed by atoms with Crippen LogP contribution in [0.2, 0.25) is 0 Å². The zero-order valence-corrected chi connectivity index (χ0v) is 9.28. The van der Waals surface area contributed by atoms with Gasteiger partial charge in [-0.2, -0.15) is 0 Å². The molecule has 0 spiro atoms. The molecule has 1 aromatic carbocycles. The third-order valence-corrected chi connectivity index (χ3v) is 3.60. The maximum absolute atomic E-state index is 11.7. The number of fused-ring (bicyclic) bond motifs is 1. The molecule has 0 bridgehead atoms. The van der Waals surface area contributed by atoms with Crippen LogP contribution < -0.4 is 5.32 Å². The van der Waals surface area contributed by atoms with Crippen molar-refractivity contribution in [3.8, 4) is 0 Å². The average molecular weight is 216 g/mol. The van der Waals surface area contributed by atoms with Gasteiger partial charge in [0, 0.05) is 13.1 Å². The van der Waals surface area contributed by atoms with Gasteiger partial charge < -0.3 is 10.2 Å². The van der Waals surface area contributed by atoms with Gasteiger partial charge in [-0.25, -0.2) is 4.79 Å². The van der Waals surface area contributed by atoms with Crippen molar-refractivity contribution in [2.75, 3.05) is 13.1 Å². The number of carbonyl (C=O) groups excluding carboxylic acids is 1. The molecule has 1 aliphatic heterocycles. The molecule has 0 radical (unpaired) electrons. The summed E-state index contributed by atoms with van der Waals surface area (Å²) in [4.78, 5) is 13.7. The van der Waals surface area contributed by atoms with E-state index in [0.717, 1.165) is 25.9 Å². The highest BCUT2D eigenvalue weighted by molar-refractivity contribution is 5.76. The normalized spacial score (nSPS) is 24.1. The van der Waals surface area contributed by atoms with Crippen molar-refractivity contribution in [1.29, 1.82) is 0 Å². The first-order valence-electron chi connectivity index (χ1n) is 5.98. The second kappa shape index (κ2) is 3.81. The number of hydrogen-bond acceptors (Lipinski definition) is 1. The van der Waals surface area contributed by atoms with E-state index in [1.165, 1.54) is 17.5 Å². The molecule has 84 valence electrons. The van der Waals surface area contributed by atoms with Crippen molar-refractivity contribution >= 4 is 6.03 Å². The molecule has 1 aromatic rings. The van der Waals surface area contributed by atoms with Crippen LogP contribution in [-0.4, -0.2) is 24.0 Å². The van der Waals surface area contributed by atoms with Crippen LogP contribution in [0.5, 0.6) is 0 Å². The largest absolute Gasteiger partial charge is 0.336 e.